The van der Waals surface area contributed by atoms with E-state index in [2.05, 4.69) is 4.98 Å². The van der Waals surface area contributed by atoms with Crippen molar-refractivity contribution in [3.63, 3.8) is 0 Å². The van der Waals surface area contributed by atoms with Crippen molar-refractivity contribution in [2.24, 2.45) is 0 Å². The van der Waals surface area contributed by atoms with Crippen LogP contribution in [0.4, 0.5) is 10.1 Å². The van der Waals surface area contributed by atoms with Crippen molar-refractivity contribution in [2.45, 2.75) is 16.8 Å². The number of aromatic nitrogens is 1. The van der Waals surface area contributed by atoms with Gasteiger partial charge >= 0.3 is 0 Å². The predicted molar refractivity (Wildman–Crippen MR) is 63.9 cm³/mol. The summed E-state index contributed by atoms with van der Waals surface area (Å²) in [4.78, 5) is 4.85. The van der Waals surface area contributed by atoms with E-state index in [4.69, 9.17) is 5.73 Å². The highest BCUT2D eigenvalue weighted by molar-refractivity contribution is 7.99. The first-order valence-electron chi connectivity index (χ1n) is 4.82. The fourth-order valence-electron chi connectivity index (χ4n) is 1.25. The summed E-state index contributed by atoms with van der Waals surface area (Å²) in [5.74, 6) is -0.233. The van der Waals surface area contributed by atoms with E-state index in [0.717, 1.165) is 10.7 Å². The van der Waals surface area contributed by atoms with Crippen LogP contribution in [-0.2, 0) is 0 Å². The van der Waals surface area contributed by atoms with Gasteiger partial charge in [-0.05, 0) is 31.2 Å². The monoisotopic (exact) mass is 234 g/mol. The van der Waals surface area contributed by atoms with Gasteiger partial charge in [-0.25, -0.2) is 9.37 Å². The van der Waals surface area contributed by atoms with Crippen molar-refractivity contribution in [3.8, 4) is 0 Å². The van der Waals surface area contributed by atoms with Gasteiger partial charge in [0.2, 0.25) is 0 Å². The molecular formula is C12H11FN2S. The summed E-state index contributed by atoms with van der Waals surface area (Å²) in [5.41, 5.74) is 7.08. The lowest BCUT2D eigenvalue weighted by molar-refractivity contribution is 0.602. The Bertz CT molecular complexity index is 514. The third-order valence-electron chi connectivity index (χ3n) is 2.15. The molecule has 0 saturated heterocycles. The number of hydrogen-bond donors (Lipinski definition) is 1. The molecule has 0 spiro atoms. The average molecular weight is 234 g/mol. The number of aryl methyl sites for hydroxylation is 1. The molecule has 1 aromatic heterocycles. The maximum absolute atomic E-state index is 13.4. The molecule has 0 fully saturated rings. The Morgan fingerprint density at radius 1 is 1.19 bits per heavy atom. The van der Waals surface area contributed by atoms with Gasteiger partial charge in [0.15, 0.2) is 0 Å². The molecule has 0 radical (unpaired) electrons. The molecule has 2 N–H and O–H groups in total. The highest BCUT2D eigenvalue weighted by Crippen LogP contribution is 2.28. The second-order valence-corrected chi connectivity index (χ2v) is 4.42. The second-order valence-electron chi connectivity index (χ2n) is 3.36. The number of nitrogens with two attached hydrogens (primary N) is 1. The molecular weight excluding hydrogens is 223 g/mol. The Morgan fingerprint density at radius 2 is 1.94 bits per heavy atom. The standard InChI is InChI=1S/C12H11FN2S/c1-8-10(14)6-7-12(15-8)16-11-5-3-2-4-9(11)13/h2-7H,14H2,1H3. The molecule has 2 nitrogen and oxygen atoms in total. The van der Waals surface area contributed by atoms with Crippen LogP contribution in [0.1, 0.15) is 5.69 Å². The normalized spacial score (nSPS) is 10.4. The Balaban J connectivity index is 2.28. The van der Waals surface area contributed by atoms with Gasteiger partial charge in [-0.15, -0.1) is 0 Å². The zero-order chi connectivity index (χ0) is 11.5. The molecule has 0 bridgehead atoms. The van der Waals surface area contributed by atoms with E-state index in [1.54, 1.807) is 30.3 Å². The van der Waals surface area contributed by atoms with Crippen molar-refractivity contribution in [2.75, 3.05) is 5.73 Å². The number of nitrogen functional groups attached to an aromatic ring is 1. The molecule has 2 aromatic rings. The van der Waals surface area contributed by atoms with Crippen LogP contribution in [0.5, 0.6) is 0 Å². The van der Waals surface area contributed by atoms with Crippen LogP contribution in [0.3, 0.4) is 0 Å². The van der Waals surface area contributed by atoms with Gasteiger partial charge in [0.05, 0.1) is 11.4 Å². The van der Waals surface area contributed by atoms with Gasteiger partial charge in [-0.3, -0.25) is 0 Å². The minimum atomic E-state index is -0.233. The molecule has 16 heavy (non-hydrogen) atoms. The maximum atomic E-state index is 13.4. The fraction of sp³-hybridized carbons (Fsp3) is 0.0833. The molecule has 0 saturated carbocycles. The number of hydrogen-bond acceptors (Lipinski definition) is 3. The third-order valence-corrected chi connectivity index (χ3v) is 3.14. The largest absolute Gasteiger partial charge is 0.397 e. The van der Waals surface area contributed by atoms with E-state index < -0.39 is 0 Å². The molecule has 0 aliphatic heterocycles. The van der Waals surface area contributed by atoms with Crippen molar-refractivity contribution in [3.05, 3.63) is 47.9 Å². The van der Waals surface area contributed by atoms with E-state index in [9.17, 15) is 4.39 Å². The summed E-state index contributed by atoms with van der Waals surface area (Å²) in [5, 5.41) is 0.747. The van der Waals surface area contributed by atoms with E-state index in [1.165, 1.54) is 17.8 Å². The van der Waals surface area contributed by atoms with Gasteiger partial charge in [0, 0.05) is 4.90 Å². The first kappa shape index (κ1) is 11.0. The first-order valence-corrected chi connectivity index (χ1v) is 5.64. The summed E-state index contributed by atoms with van der Waals surface area (Å²) >= 11 is 1.30. The zero-order valence-electron chi connectivity index (χ0n) is 8.77. The van der Waals surface area contributed by atoms with Crippen molar-refractivity contribution >= 4 is 17.4 Å². The minimum absolute atomic E-state index is 0.233. The molecule has 0 aliphatic rings. The molecule has 82 valence electrons. The Morgan fingerprint density at radius 3 is 2.62 bits per heavy atom. The summed E-state index contributed by atoms with van der Waals surface area (Å²) in [6.45, 7) is 1.83. The number of anilines is 1. The lowest BCUT2D eigenvalue weighted by atomic mass is 10.3. The molecule has 2 rings (SSSR count). The van der Waals surface area contributed by atoms with E-state index in [-0.39, 0.29) is 5.82 Å². The second kappa shape index (κ2) is 4.53. The van der Waals surface area contributed by atoms with Crippen LogP contribution in [0.25, 0.3) is 0 Å². The molecule has 0 unspecified atom stereocenters. The van der Waals surface area contributed by atoms with Crippen LogP contribution >= 0.6 is 11.8 Å². The van der Waals surface area contributed by atoms with Crippen molar-refractivity contribution in [1.82, 2.24) is 4.98 Å². The van der Waals surface area contributed by atoms with Crippen LogP contribution in [0.2, 0.25) is 0 Å². The Hall–Kier alpha value is -1.55. The predicted octanol–water partition coefficient (Wildman–Crippen LogP) is 3.26. The zero-order valence-corrected chi connectivity index (χ0v) is 9.59. The average Bonchev–Trinajstić information content (AvgIpc) is 2.27. The Labute approximate surface area is 97.7 Å². The number of rotatable bonds is 2. The SMILES string of the molecule is Cc1nc(Sc2ccccc2F)ccc1N. The van der Waals surface area contributed by atoms with E-state index >= 15 is 0 Å². The summed E-state index contributed by atoms with van der Waals surface area (Å²) in [6, 6.07) is 10.2. The number of halogens is 1. The number of nitrogens with zero attached hydrogens (tertiary/aromatic N) is 1. The minimum Gasteiger partial charge on any atom is -0.397 e. The maximum Gasteiger partial charge on any atom is 0.137 e. The van der Waals surface area contributed by atoms with Gasteiger partial charge < -0.3 is 5.73 Å². The van der Waals surface area contributed by atoms with Crippen LogP contribution < -0.4 is 5.73 Å². The van der Waals surface area contributed by atoms with Crippen LogP contribution in [0.15, 0.2) is 46.3 Å². The summed E-state index contributed by atoms with van der Waals surface area (Å²) in [6.07, 6.45) is 0. The lowest BCUT2D eigenvalue weighted by Gasteiger charge is -2.04. The molecule has 1 aromatic carbocycles. The van der Waals surface area contributed by atoms with Gasteiger partial charge in [-0.1, -0.05) is 23.9 Å². The quantitative estimate of drug-likeness (QED) is 0.866. The van der Waals surface area contributed by atoms with Crippen molar-refractivity contribution < 1.29 is 4.39 Å². The molecule has 0 atom stereocenters. The van der Waals surface area contributed by atoms with Gasteiger partial charge in [-0.2, -0.15) is 0 Å². The molecule has 0 amide bonds. The molecule has 1 heterocycles. The van der Waals surface area contributed by atoms with E-state index in [0.29, 0.717) is 10.6 Å². The summed E-state index contributed by atoms with van der Waals surface area (Å²) in [7, 11) is 0. The summed E-state index contributed by atoms with van der Waals surface area (Å²) < 4.78 is 13.4. The highest BCUT2D eigenvalue weighted by Gasteiger charge is 2.05. The topological polar surface area (TPSA) is 38.9 Å². The van der Waals surface area contributed by atoms with E-state index in [1.807, 2.05) is 6.92 Å². The smallest absolute Gasteiger partial charge is 0.137 e. The first-order chi connectivity index (χ1) is 7.66. The Kier molecular flexibility index (Phi) is 3.10. The molecule has 4 heteroatoms. The third kappa shape index (κ3) is 2.33. The van der Waals surface area contributed by atoms with Gasteiger partial charge in [0.1, 0.15) is 10.8 Å². The fourth-order valence-corrected chi connectivity index (χ4v) is 2.10. The van der Waals surface area contributed by atoms with Crippen LogP contribution in [-0.4, -0.2) is 4.98 Å². The highest BCUT2D eigenvalue weighted by atomic mass is 32.2. The van der Waals surface area contributed by atoms with Gasteiger partial charge in [0.25, 0.3) is 0 Å². The van der Waals surface area contributed by atoms with Crippen molar-refractivity contribution in [1.29, 1.82) is 0 Å². The number of benzene rings is 1. The number of pyridine rings is 1. The lowest BCUT2D eigenvalue weighted by Crippen LogP contribution is -1.93. The van der Waals surface area contributed by atoms with Crippen LogP contribution in [0, 0.1) is 12.7 Å². The molecule has 0 aliphatic carbocycles.